The maximum atomic E-state index is 14.3. The summed E-state index contributed by atoms with van der Waals surface area (Å²) in [6.07, 6.45) is 1.41. The lowest BCUT2D eigenvalue weighted by atomic mass is 9.45. The first-order valence-electron chi connectivity index (χ1n) is 20.4. The summed E-state index contributed by atoms with van der Waals surface area (Å²) < 4.78 is 6.07. The van der Waals surface area contributed by atoms with Gasteiger partial charge in [0.2, 0.25) is 5.91 Å². The molecule has 308 valence electrons. The lowest BCUT2D eigenvalue weighted by molar-refractivity contribution is -0.183. The van der Waals surface area contributed by atoms with E-state index in [4.69, 9.17) is 9.57 Å². The fourth-order valence-electron chi connectivity index (χ4n) is 10.1. The van der Waals surface area contributed by atoms with Gasteiger partial charge >= 0.3 is 0 Å². The molecule has 11 nitrogen and oxygen atoms in total. The Bertz CT molecular complexity index is 1900. The van der Waals surface area contributed by atoms with E-state index >= 15 is 0 Å². The number of hydrogen-bond acceptors (Lipinski definition) is 9. The van der Waals surface area contributed by atoms with E-state index in [2.05, 4.69) is 48.4 Å². The van der Waals surface area contributed by atoms with Crippen LogP contribution in [0.15, 0.2) is 66.7 Å². The highest BCUT2D eigenvalue weighted by molar-refractivity contribution is 6.02. The van der Waals surface area contributed by atoms with Crippen LogP contribution in [-0.2, 0) is 22.6 Å². The van der Waals surface area contributed by atoms with Crippen molar-refractivity contribution in [1.29, 1.82) is 0 Å². The van der Waals surface area contributed by atoms with Gasteiger partial charge in [-0.3, -0.25) is 19.2 Å². The molecule has 0 radical (unpaired) electrons. The zero-order valence-electron chi connectivity index (χ0n) is 34.8. The Hall–Kier alpha value is -4.13. The molecule has 1 saturated heterocycles. The third-order valence-electron chi connectivity index (χ3n) is 13.2. The number of aliphatic hydroxyl groups is 2. The van der Waals surface area contributed by atoms with E-state index in [0.717, 1.165) is 24.9 Å². The van der Waals surface area contributed by atoms with Gasteiger partial charge in [0, 0.05) is 54.2 Å². The standard InChI is InChI=1S/C46H62N4O7/c1-27-37-22-35(46(37,3)4)23-38(27)48-45(55)42-41(28(2)52)40(26-51)57-50(42)25-31-15-12-16-36(43(31)56-8)32-19-33(21-34(20-32)44(54)47-5)39(53)18-30(24-49(6)7)17-29-13-10-9-11-14-29/h9-16,19-21,27-28,30,35,37-38,40-42,51-52H,17-18,22-26H2,1-8H3,(H,47,54)(H,48,55)/t27-,28-,30+,35+,37-,38-,40-,41+,42-/m0/s1. The molecule has 2 amide bonds. The van der Waals surface area contributed by atoms with Crippen molar-refractivity contribution >= 4 is 17.6 Å². The van der Waals surface area contributed by atoms with Crippen LogP contribution in [0.3, 0.4) is 0 Å². The van der Waals surface area contributed by atoms with Crippen LogP contribution in [0.1, 0.15) is 78.8 Å². The highest BCUT2D eigenvalue weighted by Gasteiger charge is 2.57. The number of nitrogens with one attached hydrogen (secondary N) is 2. The fraction of sp³-hybridized carbons (Fsp3) is 0.543. The Morgan fingerprint density at radius 1 is 1.04 bits per heavy atom. The van der Waals surface area contributed by atoms with Gasteiger partial charge < -0.3 is 30.5 Å². The van der Waals surface area contributed by atoms with E-state index in [-0.39, 0.29) is 48.1 Å². The number of methoxy groups -OCH3 is 1. The van der Waals surface area contributed by atoms with Crippen LogP contribution in [0.5, 0.6) is 5.75 Å². The van der Waals surface area contributed by atoms with Crippen molar-refractivity contribution in [3.05, 3.63) is 89.0 Å². The van der Waals surface area contributed by atoms with Gasteiger partial charge in [-0.15, -0.1) is 0 Å². The number of para-hydroxylation sites is 1. The van der Waals surface area contributed by atoms with Gasteiger partial charge in [0.1, 0.15) is 17.9 Å². The van der Waals surface area contributed by atoms with E-state index in [1.165, 1.54) is 6.42 Å². The van der Waals surface area contributed by atoms with Crippen LogP contribution in [0.4, 0.5) is 0 Å². The second-order valence-electron chi connectivity index (χ2n) is 17.6. The SMILES string of the molecule is CNC(=O)c1cc(C(=O)C[C@@H](Cc2ccccc2)CN(C)C)cc(-c2cccc(CN3O[C@@H](CO)[C@@H]([C@H](C)O)[C@H]3C(=O)N[C@H]3C[C@H]4C[C@@H]([C@@H]3C)C4(C)C)c2OC)c1. The molecule has 4 aliphatic rings. The second-order valence-corrected chi connectivity index (χ2v) is 17.6. The number of ether oxygens (including phenoxy) is 1. The van der Waals surface area contributed by atoms with Crippen molar-refractivity contribution in [1.82, 2.24) is 20.6 Å². The molecule has 0 aromatic heterocycles. The number of fused-ring (bicyclic) bond motifs is 2. The number of ketones is 1. The van der Waals surface area contributed by atoms with Crippen LogP contribution in [-0.4, -0.2) is 103 Å². The third-order valence-corrected chi connectivity index (χ3v) is 13.2. The monoisotopic (exact) mass is 782 g/mol. The minimum absolute atomic E-state index is 0.0119. The van der Waals surface area contributed by atoms with Gasteiger partial charge in [-0.2, -0.15) is 5.06 Å². The summed E-state index contributed by atoms with van der Waals surface area (Å²) in [5.41, 5.74) is 4.18. The summed E-state index contributed by atoms with van der Waals surface area (Å²) >= 11 is 0. The van der Waals surface area contributed by atoms with Crippen LogP contribution in [0.25, 0.3) is 11.1 Å². The largest absolute Gasteiger partial charge is 0.496 e. The number of Topliss-reactive ketones (excluding diaryl/α,β-unsaturated/α-hetero) is 1. The molecule has 4 N–H and O–H groups in total. The average molecular weight is 783 g/mol. The summed E-state index contributed by atoms with van der Waals surface area (Å²) in [5, 5.41) is 29.0. The maximum Gasteiger partial charge on any atom is 0.251 e. The van der Waals surface area contributed by atoms with Gasteiger partial charge in [0.25, 0.3) is 5.91 Å². The average Bonchev–Trinajstić information content (AvgIpc) is 3.56. The first-order chi connectivity index (χ1) is 27.2. The van der Waals surface area contributed by atoms with E-state index < -0.39 is 24.2 Å². The van der Waals surface area contributed by atoms with Gasteiger partial charge in [-0.05, 0) is 98.7 Å². The normalized spacial score (nSPS) is 26.3. The van der Waals surface area contributed by atoms with E-state index in [1.807, 2.05) is 56.6 Å². The molecule has 4 fully saturated rings. The number of amides is 2. The van der Waals surface area contributed by atoms with Crippen molar-refractivity contribution in [3.8, 4) is 16.9 Å². The number of nitrogens with zero attached hydrogens (tertiary/aromatic N) is 2. The Labute approximate surface area is 338 Å². The summed E-state index contributed by atoms with van der Waals surface area (Å²) in [5.74, 6) is 0.654. The van der Waals surface area contributed by atoms with E-state index in [1.54, 1.807) is 38.3 Å². The van der Waals surface area contributed by atoms with Crippen LogP contribution >= 0.6 is 0 Å². The molecule has 1 aliphatic heterocycles. The molecule has 9 atom stereocenters. The summed E-state index contributed by atoms with van der Waals surface area (Å²) in [7, 11) is 7.13. The van der Waals surface area contributed by atoms with Gasteiger partial charge in [-0.1, -0.05) is 69.3 Å². The third kappa shape index (κ3) is 8.98. The summed E-state index contributed by atoms with van der Waals surface area (Å²) in [6, 6.07) is 20.1. The smallest absolute Gasteiger partial charge is 0.251 e. The molecular formula is C46H62N4O7. The fourth-order valence-corrected chi connectivity index (χ4v) is 10.1. The number of hydroxylamine groups is 2. The second kappa shape index (κ2) is 17.8. The van der Waals surface area contributed by atoms with Crippen molar-refractivity contribution in [2.45, 2.75) is 84.2 Å². The summed E-state index contributed by atoms with van der Waals surface area (Å²) in [4.78, 5) is 49.9. The zero-order valence-corrected chi connectivity index (χ0v) is 34.8. The lowest BCUT2D eigenvalue weighted by Gasteiger charge is -2.62. The minimum atomic E-state index is -0.930. The number of aliphatic hydroxyl groups excluding tert-OH is 2. The predicted octanol–water partition coefficient (Wildman–Crippen LogP) is 5.38. The molecule has 11 heteroatoms. The molecule has 3 aliphatic carbocycles. The van der Waals surface area contributed by atoms with Crippen LogP contribution in [0.2, 0.25) is 0 Å². The minimum Gasteiger partial charge on any atom is -0.496 e. The van der Waals surface area contributed by atoms with Crippen LogP contribution < -0.4 is 15.4 Å². The molecule has 1 heterocycles. The zero-order chi connectivity index (χ0) is 41.2. The number of carbonyl (C=O) groups is 3. The van der Waals surface area contributed by atoms with Gasteiger partial charge in [-0.25, -0.2) is 0 Å². The molecule has 0 spiro atoms. The quantitative estimate of drug-likeness (QED) is 0.141. The Balaban J connectivity index is 1.30. The molecule has 3 aromatic rings. The number of rotatable bonds is 16. The maximum absolute atomic E-state index is 14.3. The van der Waals surface area contributed by atoms with Crippen molar-refractivity contribution in [2.24, 2.45) is 35.0 Å². The number of benzene rings is 3. The van der Waals surface area contributed by atoms with E-state index in [9.17, 15) is 24.6 Å². The molecule has 0 unspecified atom stereocenters. The van der Waals surface area contributed by atoms with Gasteiger partial charge in [0.05, 0.1) is 26.4 Å². The molecule has 3 saturated carbocycles. The number of carbonyl (C=O) groups excluding carboxylic acids is 3. The number of hydrogen-bond donors (Lipinski definition) is 4. The molecule has 2 bridgehead atoms. The van der Waals surface area contributed by atoms with Crippen molar-refractivity contribution in [2.75, 3.05) is 41.4 Å². The predicted molar refractivity (Wildman–Crippen MR) is 221 cm³/mol. The van der Waals surface area contributed by atoms with Crippen molar-refractivity contribution in [3.63, 3.8) is 0 Å². The van der Waals surface area contributed by atoms with Crippen molar-refractivity contribution < 1.29 is 34.2 Å². The van der Waals surface area contributed by atoms with Crippen LogP contribution in [0, 0.1) is 35.0 Å². The Morgan fingerprint density at radius 2 is 1.75 bits per heavy atom. The Kier molecular flexibility index (Phi) is 13.3. The van der Waals surface area contributed by atoms with E-state index in [0.29, 0.717) is 57.7 Å². The van der Waals surface area contributed by atoms with Gasteiger partial charge in [0.15, 0.2) is 5.78 Å². The molecular weight excluding hydrogens is 721 g/mol. The molecule has 7 rings (SSSR count). The molecule has 57 heavy (non-hydrogen) atoms. The summed E-state index contributed by atoms with van der Waals surface area (Å²) in [6.45, 7) is 8.97. The first-order valence-corrected chi connectivity index (χ1v) is 20.4. The highest BCUT2D eigenvalue weighted by atomic mass is 16.7. The molecule has 3 aromatic carbocycles. The highest BCUT2D eigenvalue weighted by Crippen LogP contribution is 2.61. The first kappa shape index (κ1) is 42.5. The topological polar surface area (TPSA) is 141 Å². The lowest BCUT2D eigenvalue weighted by Crippen LogP contribution is -2.62. The Morgan fingerprint density at radius 3 is 2.37 bits per heavy atom.